The molecular weight excluding hydrogens is 408 g/mol. The van der Waals surface area contributed by atoms with E-state index in [1.54, 1.807) is 11.8 Å². The zero-order chi connectivity index (χ0) is 21.9. The maximum Gasteiger partial charge on any atom is 0.253 e. The number of H-pyrrole nitrogens is 1. The van der Waals surface area contributed by atoms with E-state index in [1.165, 1.54) is 0 Å². The highest BCUT2D eigenvalue weighted by Gasteiger charge is 2.31. The van der Waals surface area contributed by atoms with Crippen LogP contribution in [0.3, 0.4) is 0 Å². The average molecular weight is 432 g/mol. The number of benzene rings is 2. The zero-order valence-corrected chi connectivity index (χ0v) is 17.8. The van der Waals surface area contributed by atoms with Crippen molar-refractivity contribution in [3.05, 3.63) is 81.9 Å². The number of hydrogen-bond acceptors (Lipinski definition) is 7. The fourth-order valence-electron chi connectivity index (χ4n) is 4.14. The summed E-state index contributed by atoms with van der Waals surface area (Å²) in [6.07, 6.45) is 0. The molecule has 1 fully saturated rings. The van der Waals surface area contributed by atoms with E-state index in [-0.39, 0.29) is 5.56 Å². The highest BCUT2D eigenvalue weighted by atomic mass is 16.5. The third-order valence-corrected chi connectivity index (χ3v) is 5.77. The molecule has 1 saturated heterocycles. The highest BCUT2D eigenvalue weighted by molar-refractivity contribution is 5.80. The normalized spacial score (nSPS) is 15.7. The minimum absolute atomic E-state index is 0.170. The van der Waals surface area contributed by atoms with Gasteiger partial charge >= 0.3 is 0 Å². The maximum absolute atomic E-state index is 13.2. The summed E-state index contributed by atoms with van der Waals surface area (Å²) >= 11 is 0. The van der Waals surface area contributed by atoms with Gasteiger partial charge in [-0.15, -0.1) is 5.10 Å². The van der Waals surface area contributed by atoms with Gasteiger partial charge in [0.1, 0.15) is 11.8 Å². The van der Waals surface area contributed by atoms with Crippen LogP contribution in [-0.4, -0.2) is 63.5 Å². The summed E-state index contributed by atoms with van der Waals surface area (Å²) in [4.78, 5) is 18.5. The molecule has 1 aliphatic rings. The Morgan fingerprint density at radius 2 is 1.94 bits per heavy atom. The first-order valence-corrected chi connectivity index (χ1v) is 10.6. The predicted octanol–water partition coefficient (Wildman–Crippen LogP) is 1.99. The molecule has 3 heterocycles. The second kappa shape index (κ2) is 8.89. The van der Waals surface area contributed by atoms with Gasteiger partial charge in [-0.3, -0.25) is 9.69 Å². The fourth-order valence-corrected chi connectivity index (χ4v) is 4.14. The van der Waals surface area contributed by atoms with Crippen LogP contribution >= 0.6 is 0 Å². The Kier molecular flexibility index (Phi) is 5.66. The van der Waals surface area contributed by atoms with E-state index in [1.807, 2.05) is 54.6 Å². The molecule has 0 saturated carbocycles. The second-order valence-corrected chi connectivity index (χ2v) is 7.74. The van der Waals surface area contributed by atoms with E-state index in [0.717, 1.165) is 16.5 Å². The minimum Gasteiger partial charge on any atom is -0.497 e. The number of nitrogens with one attached hydrogen (secondary N) is 1. The fraction of sp³-hybridized carbons (Fsp3) is 0.304. The van der Waals surface area contributed by atoms with Crippen molar-refractivity contribution >= 4 is 10.9 Å². The first kappa shape index (κ1) is 20.3. The van der Waals surface area contributed by atoms with E-state index in [9.17, 15) is 4.79 Å². The van der Waals surface area contributed by atoms with Gasteiger partial charge in [0.2, 0.25) is 0 Å². The Labute approximate surface area is 184 Å². The quantitative estimate of drug-likeness (QED) is 0.498. The molecule has 164 valence electrons. The van der Waals surface area contributed by atoms with Crippen LogP contribution in [0.5, 0.6) is 5.75 Å². The van der Waals surface area contributed by atoms with Crippen LogP contribution in [0.15, 0.2) is 59.4 Å². The van der Waals surface area contributed by atoms with Crippen molar-refractivity contribution in [1.29, 1.82) is 0 Å². The number of aromatic amines is 1. The Bertz CT molecular complexity index is 1260. The molecule has 0 unspecified atom stereocenters. The van der Waals surface area contributed by atoms with Gasteiger partial charge in [0, 0.05) is 24.7 Å². The van der Waals surface area contributed by atoms with Crippen molar-refractivity contribution in [1.82, 2.24) is 30.1 Å². The topological polar surface area (TPSA) is 98.2 Å². The minimum atomic E-state index is -0.395. The highest BCUT2D eigenvalue weighted by Crippen LogP contribution is 2.28. The average Bonchev–Trinajstić information content (AvgIpc) is 3.28. The first-order chi connectivity index (χ1) is 15.7. The molecule has 5 rings (SSSR count). The number of hydrogen-bond donors (Lipinski definition) is 1. The molecule has 32 heavy (non-hydrogen) atoms. The van der Waals surface area contributed by atoms with Crippen molar-refractivity contribution in [2.75, 3.05) is 33.4 Å². The number of rotatable bonds is 6. The zero-order valence-electron chi connectivity index (χ0n) is 17.8. The molecule has 2 aromatic carbocycles. The van der Waals surface area contributed by atoms with Crippen LogP contribution in [-0.2, 0) is 11.3 Å². The summed E-state index contributed by atoms with van der Waals surface area (Å²) in [7, 11) is 1.61. The molecule has 0 amide bonds. The Morgan fingerprint density at radius 3 is 2.72 bits per heavy atom. The number of morpholine rings is 1. The summed E-state index contributed by atoms with van der Waals surface area (Å²) in [5, 5.41) is 13.5. The van der Waals surface area contributed by atoms with Gasteiger partial charge in [0.25, 0.3) is 5.56 Å². The summed E-state index contributed by atoms with van der Waals surface area (Å²) in [5.41, 5.74) is 2.24. The summed E-state index contributed by atoms with van der Waals surface area (Å²) in [5.74, 6) is 1.33. The molecule has 1 atom stereocenters. The molecule has 9 heteroatoms. The monoisotopic (exact) mass is 432 g/mol. The lowest BCUT2D eigenvalue weighted by Crippen LogP contribution is -2.42. The lowest BCUT2D eigenvalue weighted by atomic mass is 10.0. The van der Waals surface area contributed by atoms with Crippen molar-refractivity contribution in [2.24, 2.45) is 0 Å². The standard InChI is InChI=1S/C23H24N6O3/c1-31-18-8-7-17-13-19(23(30)24-20(17)14-18)21(28-9-11-32-12-10-28)22-25-26-27-29(22)15-16-5-3-2-4-6-16/h2-8,13-14,21H,9-12,15H2,1H3,(H,24,30)/t21-/m1/s1. The molecule has 2 aromatic heterocycles. The van der Waals surface area contributed by atoms with Crippen molar-refractivity contribution in [3.8, 4) is 5.75 Å². The van der Waals surface area contributed by atoms with Crippen LogP contribution in [0.1, 0.15) is 23.0 Å². The predicted molar refractivity (Wildman–Crippen MR) is 119 cm³/mol. The van der Waals surface area contributed by atoms with Gasteiger partial charge in [0.15, 0.2) is 5.82 Å². The number of ether oxygens (including phenoxy) is 2. The van der Waals surface area contributed by atoms with Gasteiger partial charge in [-0.1, -0.05) is 30.3 Å². The number of nitrogens with zero attached hydrogens (tertiary/aromatic N) is 5. The lowest BCUT2D eigenvalue weighted by molar-refractivity contribution is 0.0214. The summed E-state index contributed by atoms with van der Waals surface area (Å²) in [6.45, 7) is 3.08. The molecule has 4 aromatic rings. The molecule has 0 radical (unpaired) electrons. The largest absolute Gasteiger partial charge is 0.497 e. The van der Waals surface area contributed by atoms with Crippen LogP contribution in [0.25, 0.3) is 10.9 Å². The Hall–Kier alpha value is -3.56. The third-order valence-electron chi connectivity index (χ3n) is 5.77. The lowest BCUT2D eigenvalue weighted by Gasteiger charge is -2.33. The maximum atomic E-state index is 13.2. The van der Waals surface area contributed by atoms with Crippen molar-refractivity contribution < 1.29 is 9.47 Å². The van der Waals surface area contributed by atoms with Crippen LogP contribution < -0.4 is 10.3 Å². The molecule has 0 aliphatic carbocycles. The second-order valence-electron chi connectivity index (χ2n) is 7.74. The van der Waals surface area contributed by atoms with Gasteiger partial charge < -0.3 is 14.5 Å². The van der Waals surface area contributed by atoms with Crippen molar-refractivity contribution in [3.63, 3.8) is 0 Å². The number of fused-ring (bicyclic) bond motifs is 1. The Morgan fingerprint density at radius 1 is 1.12 bits per heavy atom. The van der Waals surface area contributed by atoms with Crippen LogP contribution in [0.4, 0.5) is 0 Å². The van der Waals surface area contributed by atoms with E-state index < -0.39 is 6.04 Å². The van der Waals surface area contributed by atoms with Gasteiger partial charge in [-0.25, -0.2) is 4.68 Å². The molecule has 0 spiro atoms. The number of methoxy groups -OCH3 is 1. The van der Waals surface area contributed by atoms with Crippen LogP contribution in [0, 0.1) is 0 Å². The van der Waals surface area contributed by atoms with Gasteiger partial charge in [-0.2, -0.15) is 0 Å². The van der Waals surface area contributed by atoms with E-state index in [2.05, 4.69) is 25.4 Å². The van der Waals surface area contributed by atoms with E-state index in [4.69, 9.17) is 9.47 Å². The van der Waals surface area contributed by atoms with Crippen molar-refractivity contribution in [2.45, 2.75) is 12.6 Å². The smallest absolute Gasteiger partial charge is 0.253 e. The number of tetrazole rings is 1. The summed E-state index contributed by atoms with van der Waals surface area (Å²) < 4.78 is 12.6. The Balaban J connectivity index is 1.61. The third kappa shape index (κ3) is 4.00. The first-order valence-electron chi connectivity index (χ1n) is 10.6. The van der Waals surface area contributed by atoms with E-state index in [0.29, 0.717) is 50.0 Å². The molecule has 1 aliphatic heterocycles. The summed E-state index contributed by atoms with van der Waals surface area (Å²) in [6, 6.07) is 17.2. The van der Waals surface area contributed by atoms with Gasteiger partial charge in [-0.05, 0) is 39.6 Å². The number of pyridine rings is 1. The van der Waals surface area contributed by atoms with E-state index >= 15 is 0 Å². The molecule has 1 N–H and O–H groups in total. The molecular formula is C23H24N6O3. The van der Waals surface area contributed by atoms with Crippen LogP contribution in [0.2, 0.25) is 0 Å². The molecule has 0 bridgehead atoms. The number of aromatic nitrogens is 5. The SMILES string of the molecule is COc1ccc2cc([C@H](c3nnnn3Cc3ccccc3)N3CCOCC3)c(=O)[nH]c2c1. The molecule has 9 nitrogen and oxygen atoms in total. The van der Waals surface area contributed by atoms with Gasteiger partial charge in [0.05, 0.1) is 32.4 Å².